The lowest BCUT2D eigenvalue weighted by Crippen LogP contribution is -2.55. The molecule has 0 saturated carbocycles. The third-order valence-electron chi connectivity index (χ3n) is 4.88. The van der Waals surface area contributed by atoms with Crippen molar-refractivity contribution in [3.8, 4) is 0 Å². The van der Waals surface area contributed by atoms with Crippen molar-refractivity contribution < 1.29 is 13.2 Å². The maximum Gasteiger partial charge on any atom is 0.245 e. The fourth-order valence-corrected chi connectivity index (χ4v) is 5.51. The van der Waals surface area contributed by atoms with E-state index in [1.807, 2.05) is 24.3 Å². The summed E-state index contributed by atoms with van der Waals surface area (Å²) in [5.74, 6) is -0.165. The molecular weight excluding hydrogens is 360 g/mol. The maximum atomic E-state index is 13.0. The number of halogens is 1. The van der Waals surface area contributed by atoms with Crippen LogP contribution in [0.3, 0.4) is 0 Å². The van der Waals surface area contributed by atoms with E-state index >= 15 is 0 Å². The third kappa shape index (κ3) is 2.74. The number of sulfonamides is 1. The van der Waals surface area contributed by atoms with Gasteiger partial charge in [-0.2, -0.15) is 4.31 Å². The Kier molecular flexibility index (Phi) is 4.06. The molecule has 0 radical (unpaired) electrons. The molecule has 130 valence electrons. The molecule has 1 fully saturated rings. The van der Waals surface area contributed by atoms with Crippen molar-refractivity contribution in [2.24, 2.45) is 0 Å². The molecule has 2 aliphatic rings. The lowest BCUT2D eigenvalue weighted by molar-refractivity contribution is -0.138. The van der Waals surface area contributed by atoms with Gasteiger partial charge in [0.15, 0.2) is 0 Å². The second kappa shape index (κ2) is 6.12. The lowest BCUT2D eigenvalue weighted by Gasteiger charge is -2.44. The normalized spacial score (nSPS) is 20.9. The highest BCUT2D eigenvalue weighted by molar-refractivity contribution is 7.89. The van der Waals surface area contributed by atoms with Gasteiger partial charge in [0.1, 0.15) is 4.90 Å². The standard InChI is InChI=1S/C18H17ClN2O3S/c19-15-7-3-4-8-17(15)25(23,24)20-11-16-14-6-2-1-5-13(14)9-10-21(16)18(22)12-20/h1-8,16H,9-12H2. The molecule has 2 aliphatic heterocycles. The van der Waals surface area contributed by atoms with Gasteiger partial charge >= 0.3 is 0 Å². The van der Waals surface area contributed by atoms with Gasteiger partial charge in [-0.3, -0.25) is 4.79 Å². The number of hydrogen-bond donors (Lipinski definition) is 0. The van der Waals surface area contributed by atoms with Gasteiger partial charge in [-0.1, -0.05) is 48.0 Å². The van der Waals surface area contributed by atoms with Crippen molar-refractivity contribution in [2.75, 3.05) is 19.6 Å². The second-order valence-corrected chi connectivity index (χ2v) is 8.59. The first-order valence-corrected chi connectivity index (χ1v) is 9.92. The van der Waals surface area contributed by atoms with Crippen molar-refractivity contribution in [1.82, 2.24) is 9.21 Å². The molecule has 1 atom stereocenters. The molecule has 1 amide bonds. The zero-order chi connectivity index (χ0) is 17.6. The summed E-state index contributed by atoms with van der Waals surface area (Å²) in [5, 5.41) is 0.168. The van der Waals surface area contributed by atoms with Gasteiger partial charge in [0.2, 0.25) is 15.9 Å². The smallest absolute Gasteiger partial charge is 0.245 e. The first-order valence-electron chi connectivity index (χ1n) is 8.10. The van der Waals surface area contributed by atoms with Crippen molar-refractivity contribution in [1.29, 1.82) is 0 Å². The fraction of sp³-hybridized carbons (Fsp3) is 0.278. The number of nitrogens with zero attached hydrogens (tertiary/aromatic N) is 2. The monoisotopic (exact) mass is 376 g/mol. The minimum atomic E-state index is -3.82. The molecule has 4 rings (SSSR count). The van der Waals surface area contributed by atoms with Crippen LogP contribution in [0.2, 0.25) is 5.02 Å². The quantitative estimate of drug-likeness (QED) is 0.809. The third-order valence-corrected chi connectivity index (χ3v) is 7.19. The van der Waals surface area contributed by atoms with Gasteiger partial charge < -0.3 is 4.90 Å². The Labute approximate surface area is 151 Å². The molecule has 25 heavy (non-hydrogen) atoms. The summed E-state index contributed by atoms with van der Waals surface area (Å²) in [5.41, 5.74) is 2.20. The molecule has 0 aliphatic carbocycles. The zero-order valence-electron chi connectivity index (χ0n) is 13.4. The Morgan fingerprint density at radius 1 is 1.04 bits per heavy atom. The van der Waals surface area contributed by atoms with Crippen molar-refractivity contribution in [2.45, 2.75) is 17.4 Å². The predicted octanol–water partition coefficient (Wildman–Crippen LogP) is 2.47. The van der Waals surface area contributed by atoms with Crippen LogP contribution in [0.15, 0.2) is 53.4 Å². The number of carbonyl (C=O) groups is 1. The second-order valence-electron chi connectivity index (χ2n) is 6.28. The molecule has 0 aromatic heterocycles. The van der Waals surface area contributed by atoms with Crippen molar-refractivity contribution in [3.05, 3.63) is 64.7 Å². The average molecular weight is 377 g/mol. The van der Waals surface area contributed by atoms with E-state index in [1.54, 1.807) is 23.1 Å². The lowest BCUT2D eigenvalue weighted by atomic mass is 9.91. The van der Waals surface area contributed by atoms with Crippen LogP contribution in [-0.2, 0) is 21.2 Å². The summed E-state index contributed by atoms with van der Waals surface area (Å²) in [6, 6.07) is 14.0. The maximum absolute atomic E-state index is 13.0. The van der Waals surface area contributed by atoms with Crippen LogP contribution in [0.1, 0.15) is 17.2 Å². The van der Waals surface area contributed by atoms with Crippen LogP contribution in [0.5, 0.6) is 0 Å². The summed E-state index contributed by atoms with van der Waals surface area (Å²) in [6.07, 6.45) is 0.801. The van der Waals surface area contributed by atoms with Gasteiger partial charge in [0.05, 0.1) is 17.6 Å². The fourth-order valence-electron chi connectivity index (χ4n) is 3.62. The highest BCUT2D eigenvalue weighted by atomic mass is 35.5. The largest absolute Gasteiger partial charge is 0.333 e. The minimum absolute atomic E-state index is 0.0435. The summed E-state index contributed by atoms with van der Waals surface area (Å²) in [7, 11) is -3.82. The molecule has 0 spiro atoms. The highest BCUT2D eigenvalue weighted by Crippen LogP contribution is 2.35. The average Bonchev–Trinajstić information content (AvgIpc) is 2.61. The van der Waals surface area contributed by atoms with E-state index < -0.39 is 10.0 Å². The Morgan fingerprint density at radius 2 is 1.76 bits per heavy atom. The molecule has 2 aromatic carbocycles. The number of rotatable bonds is 2. The number of piperazine rings is 1. The van der Waals surface area contributed by atoms with E-state index in [0.29, 0.717) is 6.54 Å². The van der Waals surface area contributed by atoms with Gasteiger partial charge in [-0.05, 0) is 29.7 Å². The Hall–Kier alpha value is -1.89. The van der Waals surface area contributed by atoms with Crippen LogP contribution < -0.4 is 0 Å². The van der Waals surface area contributed by atoms with E-state index in [9.17, 15) is 13.2 Å². The molecule has 7 heteroatoms. The molecule has 1 saturated heterocycles. The highest BCUT2D eigenvalue weighted by Gasteiger charge is 2.41. The van der Waals surface area contributed by atoms with Gasteiger partial charge in [0, 0.05) is 13.1 Å². The zero-order valence-corrected chi connectivity index (χ0v) is 15.0. The van der Waals surface area contributed by atoms with Crippen LogP contribution in [-0.4, -0.2) is 43.2 Å². The van der Waals surface area contributed by atoms with E-state index in [2.05, 4.69) is 0 Å². The molecule has 2 heterocycles. The molecule has 0 N–H and O–H groups in total. The first kappa shape index (κ1) is 16.6. The Balaban J connectivity index is 1.73. The van der Waals surface area contributed by atoms with Crippen LogP contribution in [0, 0.1) is 0 Å². The predicted molar refractivity (Wildman–Crippen MR) is 94.8 cm³/mol. The molecule has 1 unspecified atom stereocenters. The molecule has 2 aromatic rings. The van der Waals surface area contributed by atoms with Gasteiger partial charge in [-0.15, -0.1) is 0 Å². The molecular formula is C18H17ClN2O3S. The van der Waals surface area contributed by atoms with Gasteiger partial charge in [-0.25, -0.2) is 8.42 Å². The van der Waals surface area contributed by atoms with E-state index in [1.165, 1.54) is 15.9 Å². The van der Waals surface area contributed by atoms with Crippen molar-refractivity contribution >= 4 is 27.5 Å². The number of hydrogen-bond acceptors (Lipinski definition) is 3. The molecule has 5 nitrogen and oxygen atoms in total. The Bertz CT molecular complexity index is 945. The van der Waals surface area contributed by atoms with Crippen molar-refractivity contribution in [3.63, 3.8) is 0 Å². The van der Waals surface area contributed by atoms with Crippen LogP contribution >= 0.6 is 11.6 Å². The van der Waals surface area contributed by atoms with Crippen LogP contribution in [0.4, 0.5) is 0 Å². The SMILES string of the molecule is O=C1CN(S(=O)(=O)c2ccccc2Cl)CC2c3ccccc3CCN12. The first-order chi connectivity index (χ1) is 12.0. The van der Waals surface area contributed by atoms with E-state index in [0.717, 1.165) is 12.0 Å². The summed E-state index contributed by atoms with van der Waals surface area (Å²) in [6.45, 7) is 0.725. The van der Waals surface area contributed by atoms with E-state index in [4.69, 9.17) is 11.6 Å². The number of fused-ring (bicyclic) bond motifs is 3. The summed E-state index contributed by atoms with van der Waals surface area (Å²) in [4.78, 5) is 14.4. The summed E-state index contributed by atoms with van der Waals surface area (Å²) < 4.78 is 27.3. The van der Waals surface area contributed by atoms with E-state index in [-0.39, 0.29) is 35.0 Å². The van der Waals surface area contributed by atoms with Gasteiger partial charge in [0.25, 0.3) is 0 Å². The molecule has 0 bridgehead atoms. The minimum Gasteiger partial charge on any atom is -0.333 e. The van der Waals surface area contributed by atoms with Crippen LogP contribution in [0.25, 0.3) is 0 Å². The Morgan fingerprint density at radius 3 is 2.56 bits per heavy atom. The topological polar surface area (TPSA) is 57.7 Å². The summed E-state index contributed by atoms with van der Waals surface area (Å²) >= 11 is 6.08. The number of carbonyl (C=O) groups excluding carboxylic acids is 1. The number of benzene rings is 2. The number of amides is 1.